The van der Waals surface area contributed by atoms with Gasteiger partial charge in [-0.1, -0.05) is 12.1 Å². The number of morpholine rings is 1. The lowest BCUT2D eigenvalue weighted by molar-refractivity contribution is -0.135. The molecule has 0 aliphatic carbocycles. The van der Waals surface area contributed by atoms with Crippen molar-refractivity contribution in [3.8, 4) is 0 Å². The first-order valence-electron chi connectivity index (χ1n) is 6.31. The monoisotopic (exact) mass is 320 g/mol. The van der Waals surface area contributed by atoms with E-state index in [0.29, 0.717) is 26.2 Å². The Kier molecular flexibility index (Phi) is 5.13. The molecular weight excluding hydrogens is 305 g/mol. The van der Waals surface area contributed by atoms with E-state index in [1.165, 1.54) is 12.1 Å². The van der Waals surface area contributed by atoms with Crippen molar-refractivity contribution < 1.29 is 22.7 Å². The first-order chi connectivity index (χ1) is 9.83. The van der Waals surface area contributed by atoms with E-state index in [2.05, 4.69) is 0 Å². The standard InChI is InChI=1S/C13H15F3N2O2S/c14-13(15,16)21-10-3-1-9(2-4-10)7-18-5-6-20-11(8-18)12(17)19/h1-4,11H,5-8H2,(H2,17,19)/t11-/m0/s1. The minimum Gasteiger partial charge on any atom is -0.367 e. The summed E-state index contributed by atoms with van der Waals surface area (Å²) in [4.78, 5) is 13.2. The predicted molar refractivity (Wildman–Crippen MR) is 72.6 cm³/mol. The van der Waals surface area contributed by atoms with Gasteiger partial charge in [0.05, 0.1) is 6.61 Å². The Balaban J connectivity index is 1.92. The summed E-state index contributed by atoms with van der Waals surface area (Å²) in [5.41, 5.74) is 1.81. The van der Waals surface area contributed by atoms with E-state index in [1.54, 1.807) is 12.1 Å². The maximum Gasteiger partial charge on any atom is 0.446 e. The third-order valence-electron chi connectivity index (χ3n) is 3.03. The molecule has 1 heterocycles. The van der Waals surface area contributed by atoms with Crippen LogP contribution in [-0.4, -0.2) is 42.1 Å². The minimum atomic E-state index is -4.28. The minimum absolute atomic E-state index is 0.135. The van der Waals surface area contributed by atoms with E-state index in [4.69, 9.17) is 10.5 Å². The maximum absolute atomic E-state index is 12.2. The van der Waals surface area contributed by atoms with Gasteiger partial charge in [0.25, 0.3) is 0 Å². The number of halogens is 3. The van der Waals surface area contributed by atoms with Crippen LogP contribution < -0.4 is 5.73 Å². The summed E-state index contributed by atoms with van der Waals surface area (Å²) in [6, 6.07) is 6.20. The van der Waals surface area contributed by atoms with Gasteiger partial charge in [-0.25, -0.2) is 0 Å². The Morgan fingerprint density at radius 3 is 2.62 bits per heavy atom. The number of thioether (sulfide) groups is 1. The second-order valence-electron chi connectivity index (χ2n) is 4.69. The Hall–Kier alpha value is -1.25. The zero-order valence-corrected chi connectivity index (χ0v) is 11.9. The number of benzene rings is 1. The van der Waals surface area contributed by atoms with Crippen molar-refractivity contribution in [2.24, 2.45) is 5.73 Å². The molecule has 0 radical (unpaired) electrons. The van der Waals surface area contributed by atoms with E-state index in [-0.39, 0.29) is 16.7 Å². The molecule has 1 saturated heterocycles. The van der Waals surface area contributed by atoms with Crippen molar-refractivity contribution in [2.75, 3.05) is 19.7 Å². The molecule has 1 aromatic carbocycles. The molecule has 0 unspecified atom stereocenters. The summed E-state index contributed by atoms with van der Waals surface area (Å²) in [7, 11) is 0. The van der Waals surface area contributed by atoms with Gasteiger partial charge in [-0.05, 0) is 29.5 Å². The van der Waals surface area contributed by atoms with Crippen LogP contribution in [0.2, 0.25) is 0 Å². The maximum atomic E-state index is 12.2. The van der Waals surface area contributed by atoms with Crippen molar-refractivity contribution in [3.05, 3.63) is 29.8 Å². The van der Waals surface area contributed by atoms with Gasteiger partial charge in [0, 0.05) is 24.5 Å². The van der Waals surface area contributed by atoms with Gasteiger partial charge >= 0.3 is 5.51 Å². The third-order valence-corrected chi connectivity index (χ3v) is 3.77. The number of rotatable bonds is 4. The van der Waals surface area contributed by atoms with Gasteiger partial charge in [-0.3, -0.25) is 9.69 Å². The smallest absolute Gasteiger partial charge is 0.367 e. The number of nitrogens with two attached hydrogens (primary N) is 1. The third kappa shape index (κ3) is 5.22. The van der Waals surface area contributed by atoms with Crippen molar-refractivity contribution in [1.29, 1.82) is 0 Å². The lowest BCUT2D eigenvalue weighted by Crippen LogP contribution is -2.47. The second-order valence-corrected chi connectivity index (χ2v) is 5.83. The number of ether oxygens (including phenoxy) is 1. The zero-order valence-electron chi connectivity index (χ0n) is 11.1. The second kappa shape index (κ2) is 6.67. The SMILES string of the molecule is NC(=O)[C@@H]1CN(Cc2ccc(SC(F)(F)F)cc2)CCO1. The van der Waals surface area contributed by atoms with Crippen LogP contribution >= 0.6 is 11.8 Å². The molecule has 2 rings (SSSR count). The molecule has 1 atom stereocenters. The molecule has 0 spiro atoms. The summed E-state index contributed by atoms with van der Waals surface area (Å²) in [6.45, 7) is 2.01. The topological polar surface area (TPSA) is 55.6 Å². The fourth-order valence-electron chi connectivity index (χ4n) is 2.07. The summed E-state index contributed by atoms with van der Waals surface area (Å²) in [5.74, 6) is -0.503. The number of amides is 1. The van der Waals surface area contributed by atoms with E-state index < -0.39 is 17.5 Å². The van der Waals surface area contributed by atoms with E-state index in [1.807, 2.05) is 4.90 Å². The van der Waals surface area contributed by atoms with Crippen LogP contribution in [0.15, 0.2) is 29.2 Å². The van der Waals surface area contributed by atoms with Crippen molar-refractivity contribution in [1.82, 2.24) is 4.90 Å². The predicted octanol–water partition coefficient (Wildman–Crippen LogP) is 1.98. The average molecular weight is 320 g/mol. The molecule has 0 saturated carbocycles. The first-order valence-corrected chi connectivity index (χ1v) is 7.13. The first kappa shape index (κ1) is 16.1. The number of hydrogen-bond donors (Lipinski definition) is 1. The Morgan fingerprint density at radius 1 is 1.38 bits per heavy atom. The van der Waals surface area contributed by atoms with Crippen LogP contribution in [0.25, 0.3) is 0 Å². The van der Waals surface area contributed by atoms with E-state index >= 15 is 0 Å². The average Bonchev–Trinajstić information content (AvgIpc) is 2.40. The zero-order chi connectivity index (χ0) is 15.5. The number of alkyl halides is 3. The van der Waals surface area contributed by atoms with Crippen LogP contribution in [0.4, 0.5) is 13.2 Å². The highest BCUT2D eigenvalue weighted by Gasteiger charge is 2.29. The molecule has 116 valence electrons. The van der Waals surface area contributed by atoms with Gasteiger partial charge in [-0.2, -0.15) is 13.2 Å². The normalized spacial score (nSPS) is 20.4. The van der Waals surface area contributed by atoms with Crippen LogP contribution in [0.3, 0.4) is 0 Å². The quantitative estimate of drug-likeness (QED) is 0.862. The van der Waals surface area contributed by atoms with Crippen LogP contribution in [0, 0.1) is 0 Å². The van der Waals surface area contributed by atoms with Crippen molar-refractivity contribution in [2.45, 2.75) is 23.1 Å². The van der Waals surface area contributed by atoms with E-state index in [9.17, 15) is 18.0 Å². The summed E-state index contributed by atoms with van der Waals surface area (Å²) in [6.07, 6.45) is -0.626. The summed E-state index contributed by atoms with van der Waals surface area (Å²) in [5, 5.41) is 0. The summed E-state index contributed by atoms with van der Waals surface area (Å²) >= 11 is -0.135. The molecule has 2 N–H and O–H groups in total. The molecule has 0 bridgehead atoms. The molecule has 4 nitrogen and oxygen atoms in total. The number of carbonyl (C=O) groups is 1. The summed E-state index contributed by atoms with van der Waals surface area (Å²) < 4.78 is 41.9. The molecule has 1 amide bonds. The molecule has 1 aliphatic rings. The number of primary amides is 1. The van der Waals surface area contributed by atoms with Gasteiger partial charge < -0.3 is 10.5 Å². The molecule has 1 aromatic rings. The fraction of sp³-hybridized carbons (Fsp3) is 0.462. The van der Waals surface area contributed by atoms with Gasteiger partial charge in [0.1, 0.15) is 6.10 Å². The van der Waals surface area contributed by atoms with Crippen LogP contribution in [0.1, 0.15) is 5.56 Å². The fourth-order valence-corrected chi connectivity index (χ4v) is 2.61. The number of carbonyl (C=O) groups excluding carboxylic acids is 1. The Morgan fingerprint density at radius 2 is 2.05 bits per heavy atom. The molecule has 1 fully saturated rings. The Bertz CT molecular complexity index is 493. The van der Waals surface area contributed by atoms with Gasteiger partial charge in [0.15, 0.2) is 0 Å². The van der Waals surface area contributed by atoms with Crippen molar-refractivity contribution in [3.63, 3.8) is 0 Å². The van der Waals surface area contributed by atoms with Crippen molar-refractivity contribution >= 4 is 17.7 Å². The molecular formula is C13H15F3N2O2S. The Labute approximate surface area is 124 Å². The van der Waals surface area contributed by atoms with Gasteiger partial charge in [-0.15, -0.1) is 0 Å². The highest BCUT2D eigenvalue weighted by Crippen LogP contribution is 2.36. The van der Waals surface area contributed by atoms with Gasteiger partial charge in [0.2, 0.25) is 5.91 Å². The molecule has 21 heavy (non-hydrogen) atoms. The number of hydrogen-bond acceptors (Lipinski definition) is 4. The largest absolute Gasteiger partial charge is 0.446 e. The lowest BCUT2D eigenvalue weighted by Gasteiger charge is -2.31. The molecule has 8 heteroatoms. The van der Waals surface area contributed by atoms with Crippen LogP contribution in [0.5, 0.6) is 0 Å². The molecule has 1 aliphatic heterocycles. The number of nitrogens with zero attached hydrogens (tertiary/aromatic N) is 1. The molecule has 0 aromatic heterocycles. The highest BCUT2D eigenvalue weighted by atomic mass is 32.2. The lowest BCUT2D eigenvalue weighted by atomic mass is 10.2. The highest BCUT2D eigenvalue weighted by molar-refractivity contribution is 8.00. The van der Waals surface area contributed by atoms with E-state index in [0.717, 1.165) is 5.56 Å². The van der Waals surface area contributed by atoms with Crippen LogP contribution in [-0.2, 0) is 16.1 Å².